The molecule has 2 aromatic rings. The van der Waals surface area contributed by atoms with Crippen molar-refractivity contribution < 1.29 is 22.4 Å². The number of benzene rings is 1. The lowest BCUT2D eigenvalue weighted by Gasteiger charge is -2.09. The summed E-state index contributed by atoms with van der Waals surface area (Å²) in [5, 5.41) is 1.44. The van der Waals surface area contributed by atoms with E-state index >= 15 is 0 Å². The second kappa shape index (κ2) is 4.73. The molecule has 1 heterocycles. The highest BCUT2D eigenvalue weighted by molar-refractivity contribution is 7.13. The van der Waals surface area contributed by atoms with Gasteiger partial charge >= 0.3 is 6.18 Å². The van der Waals surface area contributed by atoms with Crippen LogP contribution >= 0.6 is 11.3 Å². The second-order valence-electron chi connectivity index (χ2n) is 3.76. The van der Waals surface area contributed by atoms with Crippen LogP contribution in [0, 0.1) is 5.82 Å². The van der Waals surface area contributed by atoms with Crippen LogP contribution in [0.1, 0.15) is 23.0 Å². The van der Waals surface area contributed by atoms with Crippen LogP contribution in [0.4, 0.5) is 17.6 Å². The van der Waals surface area contributed by atoms with E-state index < -0.39 is 17.6 Å². The van der Waals surface area contributed by atoms with Gasteiger partial charge in [-0.05, 0) is 12.1 Å². The fourth-order valence-corrected chi connectivity index (χ4v) is 2.35. The molecule has 2 nitrogen and oxygen atoms in total. The van der Waals surface area contributed by atoms with Crippen molar-refractivity contribution in [3.05, 3.63) is 40.7 Å². The average molecular weight is 289 g/mol. The van der Waals surface area contributed by atoms with Crippen molar-refractivity contribution in [3.63, 3.8) is 0 Å². The number of nitrogens with zero attached hydrogens (tertiary/aromatic N) is 1. The molecule has 0 aliphatic carbocycles. The number of thiazole rings is 1. The third kappa shape index (κ3) is 2.65. The van der Waals surface area contributed by atoms with Gasteiger partial charge in [0.15, 0.2) is 5.78 Å². The van der Waals surface area contributed by atoms with E-state index in [1.807, 2.05) is 0 Å². The van der Waals surface area contributed by atoms with Crippen LogP contribution in [0.2, 0.25) is 0 Å². The van der Waals surface area contributed by atoms with Crippen LogP contribution in [0.15, 0.2) is 23.6 Å². The Morgan fingerprint density at radius 2 is 2.00 bits per heavy atom. The van der Waals surface area contributed by atoms with Gasteiger partial charge in [-0.1, -0.05) is 6.07 Å². The minimum atomic E-state index is -4.76. The number of hydrogen-bond donors (Lipinski definition) is 0. The SMILES string of the molecule is CC(=O)c1csc(-c2cccc(C(F)(F)F)c2F)n1. The van der Waals surface area contributed by atoms with Gasteiger partial charge in [-0.15, -0.1) is 11.3 Å². The summed E-state index contributed by atoms with van der Waals surface area (Å²) >= 11 is 0.925. The molecule has 0 aliphatic heterocycles. The molecule has 0 unspecified atom stereocenters. The highest BCUT2D eigenvalue weighted by Gasteiger charge is 2.35. The maximum absolute atomic E-state index is 13.8. The van der Waals surface area contributed by atoms with E-state index in [1.54, 1.807) is 0 Å². The molecule has 0 saturated carbocycles. The number of rotatable bonds is 2. The fraction of sp³-hybridized carbons (Fsp3) is 0.167. The zero-order valence-electron chi connectivity index (χ0n) is 9.58. The van der Waals surface area contributed by atoms with Crippen molar-refractivity contribution in [2.75, 3.05) is 0 Å². The summed E-state index contributed by atoms with van der Waals surface area (Å²) < 4.78 is 51.5. The molecule has 0 radical (unpaired) electrons. The molecular weight excluding hydrogens is 282 g/mol. The first-order chi connectivity index (χ1) is 8.80. The molecule has 100 valence electrons. The lowest BCUT2D eigenvalue weighted by molar-refractivity contribution is -0.139. The zero-order chi connectivity index (χ0) is 14.2. The van der Waals surface area contributed by atoms with Gasteiger partial charge in [-0.2, -0.15) is 13.2 Å². The van der Waals surface area contributed by atoms with Gasteiger partial charge in [0.05, 0.1) is 5.56 Å². The van der Waals surface area contributed by atoms with E-state index in [4.69, 9.17) is 0 Å². The monoisotopic (exact) mass is 289 g/mol. The minimum absolute atomic E-state index is 0.0498. The summed E-state index contributed by atoms with van der Waals surface area (Å²) in [6, 6.07) is 2.97. The van der Waals surface area contributed by atoms with Gasteiger partial charge in [-0.3, -0.25) is 4.79 Å². The normalized spacial score (nSPS) is 11.6. The van der Waals surface area contributed by atoms with E-state index in [0.717, 1.165) is 17.4 Å². The number of carbonyl (C=O) groups is 1. The average Bonchev–Trinajstić information content (AvgIpc) is 2.77. The molecule has 1 aromatic heterocycles. The predicted octanol–water partition coefficient (Wildman–Crippen LogP) is 4.17. The van der Waals surface area contributed by atoms with E-state index in [0.29, 0.717) is 6.07 Å². The highest BCUT2D eigenvalue weighted by atomic mass is 32.1. The molecule has 0 fully saturated rings. The van der Waals surface area contributed by atoms with Crippen molar-refractivity contribution in [1.29, 1.82) is 0 Å². The van der Waals surface area contributed by atoms with Crippen molar-refractivity contribution in [1.82, 2.24) is 4.98 Å². The fourth-order valence-electron chi connectivity index (χ4n) is 1.48. The number of hydrogen-bond acceptors (Lipinski definition) is 3. The number of Topliss-reactive ketones (excluding diaryl/α,β-unsaturated/α-hetero) is 1. The first-order valence-corrected chi connectivity index (χ1v) is 6.01. The Balaban J connectivity index is 2.54. The van der Waals surface area contributed by atoms with Crippen molar-refractivity contribution in [2.45, 2.75) is 13.1 Å². The van der Waals surface area contributed by atoms with E-state index in [2.05, 4.69) is 4.98 Å². The standard InChI is InChI=1S/C12H7F4NOS/c1-6(18)9-5-19-11(17-9)7-3-2-4-8(10(7)13)12(14,15)16/h2-5H,1H3. The van der Waals surface area contributed by atoms with Gasteiger partial charge in [0, 0.05) is 17.9 Å². The van der Waals surface area contributed by atoms with Gasteiger partial charge in [0.2, 0.25) is 0 Å². The van der Waals surface area contributed by atoms with Gasteiger partial charge < -0.3 is 0 Å². The number of carbonyl (C=O) groups excluding carboxylic acids is 1. The zero-order valence-corrected chi connectivity index (χ0v) is 10.4. The van der Waals surface area contributed by atoms with Gasteiger partial charge in [0.25, 0.3) is 0 Å². The maximum Gasteiger partial charge on any atom is 0.419 e. The molecule has 0 bridgehead atoms. The minimum Gasteiger partial charge on any atom is -0.293 e. The summed E-state index contributed by atoms with van der Waals surface area (Å²) in [7, 11) is 0. The summed E-state index contributed by atoms with van der Waals surface area (Å²) in [6.07, 6.45) is -4.76. The Hall–Kier alpha value is -1.76. The predicted molar refractivity (Wildman–Crippen MR) is 62.5 cm³/mol. The van der Waals surface area contributed by atoms with Crippen LogP contribution < -0.4 is 0 Å². The van der Waals surface area contributed by atoms with Crippen LogP contribution in [0.3, 0.4) is 0 Å². The molecule has 0 N–H and O–H groups in total. The lowest BCUT2D eigenvalue weighted by Crippen LogP contribution is -2.08. The van der Waals surface area contributed by atoms with Crippen molar-refractivity contribution in [3.8, 4) is 10.6 Å². The molecule has 1 aromatic carbocycles. The molecule has 0 aliphatic rings. The summed E-state index contributed by atoms with van der Waals surface area (Å²) in [5.74, 6) is -1.70. The molecular formula is C12H7F4NOS. The molecule has 19 heavy (non-hydrogen) atoms. The Morgan fingerprint density at radius 1 is 1.32 bits per heavy atom. The molecule has 0 saturated heterocycles. The Bertz CT molecular complexity index is 633. The van der Waals surface area contributed by atoms with Crippen molar-refractivity contribution in [2.24, 2.45) is 0 Å². The van der Waals surface area contributed by atoms with E-state index in [1.165, 1.54) is 18.4 Å². The number of ketones is 1. The topological polar surface area (TPSA) is 30.0 Å². The van der Waals surface area contributed by atoms with Crippen molar-refractivity contribution >= 4 is 17.1 Å². The Kier molecular flexibility index (Phi) is 3.40. The van der Waals surface area contributed by atoms with Crippen LogP contribution in [0.5, 0.6) is 0 Å². The maximum atomic E-state index is 13.8. The molecule has 7 heteroatoms. The smallest absolute Gasteiger partial charge is 0.293 e. The Labute approximate surface area is 109 Å². The molecule has 0 spiro atoms. The summed E-state index contributed by atoms with van der Waals surface area (Å²) in [4.78, 5) is 14.9. The summed E-state index contributed by atoms with van der Waals surface area (Å²) in [6.45, 7) is 1.28. The number of aromatic nitrogens is 1. The molecule has 0 amide bonds. The number of halogens is 4. The van der Waals surface area contributed by atoms with Gasteiger partial charge in [0.1, 0.15) is 16.5 Å². The first kappa shape index (κ1) is 13.7. The second-order valence-corrected chi connectivity index (χ2v) is 4.62. The highest BCUT2D eigenvalue weighted by Crippen LogP contribution is 2.36. The van der Waals surface area contributed by atoms with Crippen LogP contribution in [-0.2, 0) is 6.18 Å². The summed E-state index contributed by atoms with van der Waals surface area (Å²) in [5.41, 5.74) is -1.49. The lowest BCUT2D eigenvalue weighted by atomic mass is 10.1. The first-order valence-electron chi connectivity index (χ1n) is 5.13. The Morgan fingerprint density at radius 3 is 2.53 bits per heavy atom. The quantitative estimate of drug-likeness (QED) is 0.613. The van der Waals surface area contributed by atoms with Gasteiger partial charge in [-0.25, -0.2) is 9.37 Å². The molecule has 2 rings (SSSR count). The third-order valence-corrected chi connectivity index (χ3v) is 3.27. The van der Waals surface area contributed by atoms with E-state index in [9.17, 15) is 22.4 Å². The van der Waals surface area contributed by atoms with Crippen LogP contribution in [0.25, 0.3) is 10.6 Å². The largest absolute Gasteiger partial charge is 0.419 e. The third-order valence-electron chi connectivity index (χ3n) is 2.40. The van der Waals surface area contributed by atoms with Crippen LogP contribution in [-0.4, -0.2) is 10.8 Å². The number of alkyl halides is 3. The van der Waals surface area contributed by atoms with E-state index in [-0.39, 0.29) is 22.0 Å². The molecule has 0 atom stereocenters.